The number of carbonyl (C=O) groups excluding carboxylic acids is 3. The van der Waals surface area contributed by atoms with Gasteiger partial charge < -0.3 is 20.5 Å². The van der Waals surface area contributed by atoms with Crippen molar-refractivity contribution in [1.82, 2.24) is 20.5 Å². The minimum atomic E-state index is -0.511. The van der Waals surface area contributed by atoms with Gasteiger partial charge in [0.1, 0.15) is 11.6 Å². The van der Waals surface area contributed by atoms with E-state index in [1.807, 2.05) is 30.3 Å². The van der Waals surface area contributed by atoms with Crippen LogP contribution in [0.2, 0.25) is 0 Å². The lowest BCUT2D eigenvalue weighted by molar-refractivity contribution is -0.133. The number of aromatic nitrogens is 1. The Hall–Kier alpha value is -3.42. The molecule has 1 aromatic carbocycles. The molecule has 1 aromatic heterocycles. The second kappa shape index (κ2) is 8.14. The summed E-state index contributed by atoms with van der Waals surface area (Å²) in [5.74, 6) is -0.825. The molecule has 4 rings (SSSR count). The molecule has 0 spiro atoms. The van der Waals surface area contributed by atoms with E-state index in [0.29, 0.717) is 31.6 Å². The van der Waals surface area contributed by atoms with Crippen molar-refractivity contribution < 1.29 is 14.4 Å². The Bertz CT molecular complexity index is 1030. The molecule has 0 saturated carbocycles. The molecule has 2 aliphatic rings. The zero-order valence-corrected chi connectivity index (χ0v) is 16.7. The van der Waals surface area contributed by atoms with Crippen LogP contribution in [0.1, 0.15) is 40.4 Å². The number of benzene rings is 1. The fourth-order valence-corrected chi connectivity index (χ4v) is 4.18. The van der Waals surface area contributed by atoms with Crippen molar-refractivity contribution in [2.45, 2.75) is 37.8 Å². The van der Waals surface area contributed by atoms with Gasteiger partial charge in [-0.1, -0.05) is 30.3 Å². The zero-order valence-electron chi connectivity index (χ0n) is 16.7. The number of aryl methyl sites for hydroxylation is 1. The van der Waals surface area contributed by atoms with Gasteiger partial charge in [-0.3, -0.25) is 19.2 Å². The number of likely N-dealkylation sites (tertiary alicyclic amines) is 1. The standard InChI is InChI=1S/C22H24N4O4/c1-13-7-8-15(20(28)23-13)21(29)25-18-12-26(22(30)17-9-10-19(27)24-17)11-16(18)14-5-3-2-4-6-14/h2-8,16-18H,9-12H2,1H3,(H,23,28)(H,24,27)(H,25,29)/t16-,17+,18+/m0/s1. The van der Waals surface area contributed by atoms with Crippen LogP contribution in [0.3, 0.4) is 0 Å². The van der Waals surface area contributed by atoms with Gasteiger partial charge in [-0.25, -0.2) is 0 Å². The first-order valence-electron chi connectivity index (χ1n) is 10.1. The van der Waals surface area contributed by atoms with Gasteiger partial charge >= 0.3 is 0 Å². The van der Waals surface area contributed by atoms with Gasteiger partial charge in [-0.2, -0.15) is 0 Å². The summed E-state index contributed by atoms with van der Waals surface area (Å²) < 4.78 is 0. The highest BCUT2D eigenvalue weighted by atomic mass is 16.2. The first-order chi connectivity index (χ1) is 14.4. The summed E-state index contributed by atoms with van der Waals surface area (Å²) in [5, 5.41) is 5.66. The highest BCUT2D eigenvalue weighted by molar-refractivity contribution is 5.94. The Morgan fingerprint density at radius 1 is 1.07 bits per heavy atom. The normalized spacial score (nSPS) is 23.3. The van der Waals surface area contributed by atoms with Gasteiger partial charge in [-0.05, 0) is 31.0 Å². The molecule has 3 N–H and O–H groups in total. The minimum Gasteiger partial charge on any atom is -0.347 e. The fraction of sp³-hybridized carbons (Fsp3) is 0.364. The van der Waals surface area contributed by atoms with Crippen LogP contribution in [0, 0.1) is 6.92 Å². The molecule has 3 amide bonds. The lowest BCUT2D eigenvalue weighted by atomic mass is 9.94. The highest BCUT2D eigenvalue weighted by Crippen LogP contribution is 2.29. The molecular weight excluding hydrogens is 384 g/mol. The third-order valence-corrected chi connectivity index (χ3v) is 5.77. The molecule has 8 nitrogen and oxygen atoms in total. The Balaban J connectivity index is 1.55. The third kappa shape index (κ3) is 3.98. The number of carbonyl (C=O) groups is 3. The van der Waals surface area contributed by atoms with Gasteiger partial charge in [0.15, 0.2) is 0 Å². The Morgan fingerprint density at radius 2 is 1.83 bits per heavy atom. The molecule has 8 heteroatoms. The molecule has 2 fully saturated rings. The van der Waals surface area contributed by atoms with E-state index in [9.17, 15) is 19.2 Å². The fourth-order valence-electron chi connectivity index (χ4n) is 4.18. The molecule has 2 saturated heterocycles. The van der Waals surface area contributed by atoms with Crippen LogP contribution in [0.5, 0.6) is 0 Å². The number of aromatic amines is 1. The second-order valence-electron chi connectivity index (χ2n) is 7.88. The van der Waals surface area contributed by atoms with Gasteiger partial charge in [0.25, 0.3) is 11.5 Å². The summed E-state index contributed by atoms with van der Waals surface area (Å²) in [6, 6.07) is 12.0. The van der Waals surface area contributed by atoms with E-state index in [2.05, 4.69) is 15.6 Å². The maximum atomic E-state index is 12.9. The smallest absolute Gasteiger partial charge is 0.260 e. The average Bonchev–Trinajstić information content (AvgIpc) is 3.34. The topological polar surface area (TPSA) is 111 Å². The van der Waals surface area contributed by atoms with Crippen molar-refractivity contribution in [3.05, 3.63) is 69.6 Å². The maximum absolute atomic E-state index is 12.9. The monoisotopic (exact) mass is 408 g/mol. The number of rotatable bonds is 4. The summed E-state index contributed by atoms with van der Waals surface area (Å²) in [6.07, 6.45) is 0.836. The van der Waals surface area contributed by atoms with Gasteiger partial charge in [0.05, 0.1) is 6.04 Å². The lowest BCUT2D eigenvalue weighted by Crippen LogP contribution is -2.45. The Kier molecular flexibility index (Phi) is 5.39. The third-order valence-electron chi connectivity index (χ3n) is 5.77. The van der Waals surface area contributed by atoms with Gasteiger partial charge in [0, 0.05) is 31.1 Å². The van der Waals surface area contributed by atoms with Crippen LogP contribution < -0.4 is 16.2 Å². The highest BCUT2D eigenvalue weighted by Gasteiger charge is 2.40. The number of pyridine rings is 1. The molecule has 156 valence electrons. The molecule has 3 atom stereocenters. The molecular formula is C22H24N4O4. The van der Waals surface area contributed by atoms with Crippen LogP contribution >= 0.6 is 0 Å². The molecule has 3 heterocycles. The van der Waals surface area contributed by atoms with Crippen LogP contribution in [0.4, 0.5) is 0 Å². The minimum absolute atomic E-state index is 0.0419. The van der Waals surface area contributed by atoms with Gasteiger partial charge in [0.2, 0.25) is 11.8 Å². The number of H-pyrrole nitrogens is 1. The van der Waals surface area contributed by atoms with Crippen molar-refractivity contribution in [3.8, 4) is 0 Å². The predicted molar refractivity (Wildman–Crippen MR) is 110 cm³/mol. The maximum Gasteiger partial charge on any atom is 0.260 e. The molecule has 0 aliphatic carbocycles. The van der Waals surface area contributed by atoms with Crippen molar-refractivity contribution in [2.75, 3.05) is 13.1 Å². The molecule has 0 unspecified atom stereocenters. The number of hydrogen-bond donors (Lipinski definition) is 3. The Labute approximate surface area is 173 Å². The second-order valence-corrected chi connectivity index (χ2v) is 7.88. The molecule has 2 aromatic rings. The van der Waals surface area contributed by atoms with Crippen LogP contribution in [-0.4, -0.2) is 52.8 Å². The van der Waals surface area contributed by atoms with E-state index in [1.54, 1.807) is 17.9 Å². The largest absolute Gasteiger partial charge is 0.347 e. The first-order valence-corrected chi connectivity index (χ1v) is 10.1. The van der Waals surface area contributed by atoms with E-state index in [-0.39, 0.29) is 29.3 Å². The van der Waals surface area contributed by atoms with Crippen LogP contribution in [0.15, 0.2) is 47.3 Å². The summed E-state index contributed by atoms with van der Waals surface area (Å²) in [4.78, 5) is 53.7. The SMILES string of the molecule is Cc1ccc(C(=O)N[C@@H]2CN(C(=O)[C@H]3CCC(=O)N3)C[C@H]2c2ccccc2)c(=O)[nH]1. The van der Waals surface area contributed by atoms with E-state index in [4.69, 9.17) is 0 Å². The number of hydrogen-bond acceptors (Lipinski definition) is 4. The van der Waals surface area contributed by atoms with Gasteiger partial charge in [-0.15, -0.1) is 0 Å². The van der Waals surface area contributed by atoms with Crippen LogP contribution in [0.25, 0.3) is 0 Å². The number of nitrogens with zero attached hydrogens (tertiary/aromatic N) is 1. The van der Waals surface area contributed by atoms with Crippen molar-refractivity contribution in [1.29, 1.82) is 0 Å². The summed E-state index contributed by atoms with van der Waals surface area (Å²) in [6.45, 7) is 2.50. The van der Waals surface area contributed by atoms with E-state index in [1.165, 1.54) is 6.07 Å². The molecule has 30 heavy (non-hydrogen) atoms. The summed E-state index contributed by atoms with van der Waals surface area (Å²) in [5.41, 5.74) is 1.28. The van der Waals surface area contributed by atoms with E-state index in [0.717, 1.165) is 5.56 Å². The van der Waals surface area contributed by atoms with Crippen molar-refractivity contribution >= 4 is 17.7 Å². The Morgan fingerprint density at radius 3 is 2.50 bits per heavy atom. The zero-order chi connectivity index (χ0) is 21.3. The number of amides is 3. The number of nitrogens with one attached hydrogen (secondary N) is 3. The molecule has 0 radical (unpaired) electrons. The van der Waals surface area contributed by atoms with E-state index < -0.39 is 17.5 Å². The quantitative estimate of drug-likeness (QED) is 0.691. The van der Waals surface area contributed by atoms with Crippen LogP contribution in [-0.2, 0) is 9.59 Å². The molecule has 0 bridgehead atoms. The van der Waals surface area contributed by atoms with Crippen molar-refractivity contribution in [3.63, 3.8) is 0 Å². The molecule has 2 aliphatic heterocycles. The predicted octanol–water partition coefficient (Wildman–Crippen LogP) is 0.686. The lowest BCUT2D eigenvalue weighted by Gasteiger charge is -2.20. The summed E-state index contributed by atoms with van der Waals surface area (Å²) in [7, 11) is 0. The first kappa shape index (κ1) is 19.9. The average molecular weight is 408 g/mol. The van der Waals surface area contributed by atoms with E-state index >= 15 is 0 Å². The summed E-state index contributed by atoms with van der Waals surface area (Å²) >= 11 is 0. The van der Waals surface area contributed by atoms with Crippen molar-refractivity contribution in [2.24, 2.45) is 0 Å².